The van der Waals surface area contributed by atoms with Gasteiger partial charge < -0.3 is 9.47 Å². The maximum atomic E-state index is 6.88. The summed E-state index contributed by atoms with van der Waals surface area (Å²) in [6, 6.07) is 8.94. The van der Waals surface area contributed by atoms with Crippen molar-refractivity contribution in [2.75, 3.05) is 0 Å². The van der Waals surface area contributed by atoms with Crippen molar-refractivity contribution in [2.24, 2.45) is 23.7 Å². The number of rotatable bonds is 3. The zero-order chi connectivity index (χ0) is 21.2. The molecule has 2 spiro atoms. The second-order valence-corrected chi connectivity index (χ2v) is 11.9. The average Bonchev–Trinajstić information content (AvgIpc) is 3.19. The highest BCUT2D eigenvalue weighted by molar-refractivity contribution is 5.30. The quantitative estimate of drug-likeness (QED) is 0.482. The molecule has 32 heavy (non-hydrogen) atoms. The van der Waals surface area contributed by atoms with Crippen LogP contribution in [0.25, 0.3) is 0 Å². The lowest BCUT2D eigenvalue weighted by Gasteiger charge is -2.57. The zero-order valence-electron chi connectivity index (χ0n) is 19.3. The Morgan fingerprint density at radius 1 is 0.719 bits per heavy atom. The maximum Gasteiger partial charge on any atom is 0.210 e. The summed E-state index contributed by atoms with van der Waals surface area (Å²) in [6.07, 6.45) is 17.5. The summed E-state index contributed by atoms with van der Waals surface area (Å²) in [6.45, 7) is 0. The van der Waals surface area contributed by atoms with Crippen LogP contribution in [0.15, 0.2) is 24.3 Å². The van der Waals surface area contributed by atoms with E-state index in [1.165, 1.54) is 69.8 Å². The van der Waals surface area contributed by atoms with Crippen molar-refractivity contribution in [1.29, 1.82) is 0 Å². The van der Waals surface area contributed by atoms with Crippen molar-refractivity contribution in [3.63, 3.8) is 0 Å². The molecule has 7 fully saturated rings. The van der Waals surface area contributed by atoms with Crippen LogP contribution in [0.2, 0.25) is 0 Å². The van der Waals surface area contributed by atoms with Gasteiger partial charge in [0.1, 0.15) is 5.75 Å². The van der Waals surface area contributed by atoms with E-state index < -0.39 is 11.6 Å². The molecule has 1 aliphatic heterocycles. The summed E-state index contributed by atoms with van der Waals surface area (Å²) < 4.78 is 13.1. The second-order valence-electron chi connectivity index (χ2n) is 11.9. The van der Waals surface area contributed by atoms with Gasteiger partial charge in [-0.3, -0.25) is 0 Å². The highest BCUT2D eigenvalue weighted by atomic mass is 17.3. The first-order valence-corrected chi connectivity index (χ1v) is 13.5. The minimum Gasteiger partial charge on any atom is -0.490 e. The lowest BCUT2D eigenvalue weighted by atomic mass is 9.53. The van der Waals surface area contributed by atoms with E-state index in [0.717, 1.165) is 43.3 Å². The third kappa shape index (κ3) is 3.35. The van der Waals surface area contributed by atoms with Crippen molar-refractivity contribution in [3.05, 3.63) is 29.8 Å². The van der Waals surface area contributed by atoms with Crippen LogP contribution >= 0.6 is 0 Å². The first-order chi connectivity index (χ1) is 15.7. The molecule has 0 aromatic heterocycles. The van der Waals surface area contributed by atoms with Gasteiger partial charge in [0.2, 0.25) is 11.6 Å². The van der Waals surface area contributed by atoms with Gasteiger partial charge in [-0.2, -0.15) is 9.78 Å². The first-order valence-electron chi connectivity index (χ1n) is 13.5. The molecule has 0 N–H and O–H groups in total. The van der Waals surface area contributed by atoms with E-state index in [-0.39, 0.29) is 0 Å². The van der Waals surface area contributed by atoms with E-state index in [9.17, 15) is 0 Å². The Bertz CT molecular complexity index is 790. The van der Waals surface area contributed by atoms with E-state index in [4.69, 9.17) is 19.2 Å². The predicted molar refractivity (Wildman–Crippen MR) is 121 cm³/mol. The minimum absolute atomic E-state index is 0.415. The van der Waals surface area contributed by atoms with Crippen molar-refractivity contribution in [2.45, 2.75) is 113 Å². The van der Waals surface area contributed by atoms with Crippen LogP contribution in [0.4, 0.5) is 0 Å². The molecule has 8 rings (SSSR count). The Morgan fingerprint density at radius 2 is 1.38 bits per heavy atom. The fourth-order valence-electron chi connectivity index (χ4n) is 8.38. The van der Waals surface area contributed by atoms with Crippen LogP contribution in [0, 0.1) is 23.7 Å². The highest BCUT2D eigenvalue weighted by Gasteiger charge is 2.66. The Morgan fingerprint density at radius 3 is 2.03 bits per heavy atom. The molecule has 0 atom stereocenters. The Labute approximate surface area is 192 Å². The lowest BCUT2D eigenvalue weighted by Crippen LogP contribution is -2.59. The smallest absolute Gasteiger partial charge is 0.210 e. The molecule has 1 aromatic carbocycles. The largest absolute Gasteiger partial charge is 0.490 e. The number of hydrogen-bond acceptors (Lipinski definition) is 4. The molecule has 1 heterocycles. The fraction of sp³-hybridized carbons (Fsp3) is 0.786. The van der Waals surface area contributed by atoms with Gasteiger partial charge in [-0.1, -0.05) is 18.6 Å². The van der Waals surface area contributed by atoms with Gasteiger partial charge in [-0.25, -0.2) is 0 Å². The van der Waals surface area contributed by atoms with Crippen LogP contribution in [0.3, 0.4) is 0 Å². The van der Waals surface area contributed by atoms with Crippen LogP contribution in [-0.4, -0.2) is 17.7 Å². The summed E-state index contributed by atoms with van der Waals surface area (Å²) in [5, 5.41) is 0. The van der Waals surface area contributed by atoms with Gasteiger partial charge in [0, 0.05) is 24.7 Å². The number of ether oxygens (including phenoxy) is 2. The highest BCUT2D eigenvalue weighted by Crippen LogP contribution is 2.64. The van der Waals surface area contributed by atoms with Crippen LogP contribution < -0.4 is 4.74 Å². The van der Waals surface area contributed by atoms with E-state index in [1.54, 1.807) is 0 Å². The summed E-state index contributed by atoms with van der Waals surface area (Å²) in [5.41, 5.74) is 1.43. The third-order valence-corrected chi connectivity index (χ3v) is 9.90. The molecule has 6 aliphatic carbocycles. The van der Waals surface area contributed by atoms with Gasteiger partial charge in [-0.15, -0.1) is 0 Å². The monoisotopic (exact) mass is 438 g/mol. The molecule has 0 amide bonds. The number of benzene rings is 1. The molecular formula is C28H38O4. The van der Waals surface area contributed by atoms with E-state index >= 15 is 0 Å². The summed E-state index contributed by atoms with van der Waals surface area (Å²) in [4.78, 5) is 12.3. The molecule has 4 bridgehead atoms. The topological polar surface area (TPSA) is 36.9 Å². The van der Waals surface area contributed by atoms with E-state index in [0.29, 0.717) is 23.9 Å². The van der Waals surface area contributed by atoms with Crippen molar-refractivity contribution < 1.29 is 19.2 Å². The fourth-order valence-corrected chi connectivity index (χ4v) is 8.38. The molecule has 174 valence electrons. The van der Waals surface area contributed by atoms with Gasteiger partial charge >= 0.3 is 0 Å². The first kappa shape index (κ1) is 20.3. The van der Waals surface area contributed by atoms with Crippen LogP contribution in [0.1, 0.15) is 101 Å². The number of hydrogen-bond donors (Lipinski definition) is 0. The van der Waals surface area contributed by atoms with Gasteiger partial charge in [0.25, 0.3) is 0 Å². The second kappa shape index (κ2) is 7.71. The molecule has 4 heteroatoms. The van der Waals surface area contributed by atoms with Crippen LogP contribution in [0.5, 0.6) is 5.75 Å². The third-order valence-electron chi connectivity index (χ3n) is 9.90. The van der Waals surface area contributed by atoms with Crippen molar-refractivity contribution in [3.8, 4) is 5.75 Å². The Balaban J connectivity index is 0.985. The van der Waals surface area contributed by atoms with Crippen molar-refractivity contribution in [1.82, 2.24) is 0 Å². The molecule has 6 saturated carbocycles. The van der Waals surface area contributed by atoms with E-state index in [1.807, 2.05) is 0 Å². The summed E-state index contributed by atoms with van der Waals surface area (Å²) in [5.74, 6) is 3.59. The molecule has 0 radical (unpaired) electrons. The molecule has 4 nitrogen and oxygen atoms in total. The molecule has 1 aromatic rings. The maximum absolute atomic E-state index is 6.88. The zero-order valence-corrected chi connectivity index (χ0v) is 19.3. The minimum atomic E-state index is -0.504. The summed E-state index contributed by atoms with van der Waals surface area (Å²) in [7, 11) is 0. The van der Waals surface area contributed by atoms with Crippen LogP contribution in [-0.2, 0) is 14.5 Å². The van der Waals surface area contributed by atoms with E-state index in [2.05, 4.69) is 24.3 Å². The Hall–Kier alpha value is -1.10. The molecular weight excluding hydrogens is 400 g/mol. The lowest BCUT2D eigenvalue weighted by molar-refractivity contribution is -0.390. The standard InChI is InChI=1S/C28H38O4/c1-2-4-25(5-3-1)29-26-8-6-21(7-9-26)22-10-12-27(13-11-22)30-28(32-31-27)23-15-19-14-20(17-23)18-24(28)16-19/h6-9,19-20,22-25H,1-5,10-18H2/t19?,20?,22-,23?,24?,27+,28-. The normalized spacial score (nSPS) is 45.7. The molecule has 1 saturated heterocycles. The average molecular weight is 439 g/mol. The van der Waals surface area contributed by atoms with Gasteiger partial charge in [0.15, 0.2) is 0 Å². The predicted octanol–water partition coefficient (Wildman–Crippen LogP) is 6.88. The Kier molecular flexibility index (Phi) is 4.89. The van der Waals surface area contributed by atoms with Gasteiger partial charge in [-0.05, 0) is 106 Å². The SMILES string of the molecule is c1cc([C@H]2CC[C@]3(CC2)OO[C@]2(O3)C3CC4CC(C3)CC2C4)ccc1OC1CCCCC1. The molecule has 7 aliphatic rings. The van der Waals surface area contributed by atoms with Crippen molar-refractivity contribution >= 4 is 0 Å². The summed E-state index contributed by atoms with van der Waals surface area (Å²) >= 11 is 0. The molecule has 0 unspecified atom stereocenters. The van der Waals surface area contributed by atoms with Gasteiger partial charge in [0.05, 0.1) is 6.10 Å².